The lowest BCUT2D eigenvalue weighted by molar-refractivity contribution is -0.120. The van der Waals surface area contributed by atoms with Crippen molar-refractivity contribution in [3.8, 4) is 17.1 Å². The van der Waals surface area contributed by atoms with Crippen LogP contribution < -0.4 is 9.64 Å². The molecule has 0 spiro atoms. The first-order chi connectivity index (χ1) is 14.0. The number of aromatic nitrogens is 3. The summed E-state index contributed by atoms with van der Waals surface area (Å²) in [6.07, 6.45) is 1.47. The number of fused-ring (bicyclic) bond motifs is 3. The van der Waals surface area contributed by atoms with Crippen LogP contribution >= 0.6 is 23.4 Å². The minimum atomic E-state index is -0.727. The van der Waals surface area contributed by atoms with E-state index in [0.717, 1.165) is 16.7 Å². The predicted octanol–water partition coefficient (Wildman–Crippen LogP) is 5.06. The summed E-state index contributed by atoms with van der Waals surface area (Å²) < 4.78 is 6.32. The molecule has 1 unspecified atom stereocenters. The number of aryl methyl sites for hydroxylation is 1. The van der Waals surface area contributed by atoms with Crippen LogP contribution in [0.5, 0.6) is 5.88 Å². The second-order valence-corrected chi connectivity index (χ2v) is 7.83. The number of hydrogen-bond donors (Lipinski definition) is 0. The highest BCUT2D eigenvalue weighted by Crippen LogP contribution is 2.44. The molecule has 8 heteroatoms. The van der Waals surface area contributed by atoms with Crippen LogP contribution in [-0.4, -0.2) is 27.3 Å². The van der Waals surface area contributed by atoms with Crippen molar-refractivity contribution in [1.82, 2.24) is 15.2 Å². The monoisotopic (exact) mass is 426 g/mol. The third kappa shape index (κ3) is 3.68. The molecule has 148 valence electrons. The molecule has 0 aliphatic carbocycles. The fraction of sp³-hybridized carbons (Fsp3) is 0.238. The highest BCUT2D eigenvalue weighted by Gasteiger charge is 2.35. The fourth-order valence-corrected chi connectivity index (χ4v) is 3.78. The third-order valence-corrected chi connectivity index (χ3v) is 5.42. The Hall–Kier alpha value is -2.64. The molecule has 0 fully saturated rings. The van der Waals surface area contributed by atoms with Gasteiger partial charge in [0, 0.05) is 22.6 Å². The summed E-state index contributed by atoms with van der Waals surface area (Å²) in [5.41, 5.74) is 3.77. The Kier molecular flexibility index (Phi) is 5.43. The van der Waals surface area contributed by atoms with E-state index in [1.54, 1.807) is 17.0 Å². The summed E-state index contributed by atoms with van der Waals surface area (Å²) in [5, 5.41) is 9.62. The maximum atomic E-state index is 13.1. The van der Waals surface area contributed by atoms with Gasteiger partial charge >= 0.3 is 0 Å². The highest BCUT2D eigenvalue weighted by molar-refractivity contribution is 7.98. The number of rotatable bonds is 3. The molecule has 1 aliphatic heterocycles. The molecule has 1 aromatic heterocycles. The van der Waals surface area contributed by atoms with Gasteiger partial charge in [-0.15, -0.1) is 10.2 Å². The quantitative estimate of drug-likeness (QED) is 0.545. The van der Waals surface area contributed by atoms with Crippen LogP contribution in [0.3, 0.4) is 0 Å². The molecule has 29 heavy (non-hydrogen) atoms. The van der Waals surface area contributed by atoms with Crippen molar-refractivity contribution in [2.45, 2.75) is 31.7 Å². The van der Waals surface area contributed by atoms with Crippen molar-refractivity contribution in [3.05, 3.63) is 58.6 Å². The summed E-state index contributed by atoms with van der Waals surface area (Å²) in [6, 6.07) is 13.2. The van der Waals surface area contributed by atoms with Gasteiger partial charge in [0.15, 0.2) is 5.69 Å². The van der Waals surface area contributed by atoms with Crippen molar-refractivity contribution in [1.29, 1.82) is 0 Å². The number of carbonyl (C=O) groups excluding carboxylic acids is 1. The van der Waals surface area contributed by atoms with Gasteiger partial charge in [-0.05, 0) is 37.4 Å². The normalized spacial score (nSPS) is 15.2. The predicted molar refractivity (Wildman–Crippen MR) is 114 cm³/mol. The van der Waals surface area contributed by atoms with Gasteiger partial charge in [0.05, 0.1) is 5.69 Å². The van der Waals surface area contributed by atoms with Crippen molar-refractivity contribution >= 4 is 35.0 Å². The maximum Gasteiger partial charge on any atom is 0.247 e. The molecule has 3 aromatic rings. The molecular formula is C21H19ClN4O2S. The maximum absolute atomic E-state index is 13.1. The van der Waals surface area contributed by atoms with Gasteiger partial charge in [-0.2, -0.15) is 4.98 Å². The Morgan fingerprint density at radius 3 is 2.79 bits per heavy atom. The highest BCUT2D eigenvalue weighted by atomic mass is 35.5. The van der Waals surface area contributed by atoms with Crippen LogP contribution in [0.1, 0.15) is 30.7 Å². The molecule has 2 heterocycles. The average Bonchev–Trinajstić information content (AvgIpc) is 2.87. The first kappa shape index (κ1) is 19.7. The average molecular weight is 427 g/mol. The zero-order chi connectivity index (χ0) is 20.5. The van der Waals surface area contributed by atoms with E-state index in [-0.39, 0.29) is 5.91 Å². The van der Waals surface area contributed by atoms with E-state index >= 15 is 0 Å². The molecule has 1 atom stereocenters. The van der Waals surface area contributed by atoms with Crippen LogP contribution in [-0.2, 0) is 4.79 Å². The standard InChI is InChI=1S/C21H19ClN4O2S/c1-4-17(27)26-16-9-8-12(2)10-15(16)18-19(23-21(29-3)25-24-18)28-20(26)13-6-5-7-14(22)11-13/h5-11,20H,4H2,1-3H3. The third-order valence-electron chi connectivity index (χ3n) is 4.65. The number of hydrogen-bond acceptors (Lipinski definition) is 6. The lowest BCUT2D eigenvalue weighted by Gasteiger charge is -2.30. The van der Waals surface area contributed by atoms with Crippen LogP contribution in [0, 0.1) is 6.92 Å². The van der Waals surface area contributed by atoms with E-state index in [2.05, 4.69) is 15.2 Å². The zero-order valence-electron chi connectivity index (χ0n) is 16.2. The first-order valence-corrected chi connectivity index (χ1v) is 10.8. The van der Waals surface area contributed by atoms with Crippen LogP contribution in [0.4, 0.5) is 5.69 Å². The van der Waals surface area contributed by atoms with Gasteiger partial charge in [0.1, 0.15) is 0 Å². The Morgan fingerprint density at radius 1 is 1.24 bits per heavy atom. The van der Waals surface area contributed by atoms with Crippen molar-refractivity contribution in [2.24, 2.45) is 0 Å². The van der Waals surface area contributed by atoms with Gasteiger partial charge in [0.25, 0.3) is 0 Å². The van der Waals surface area contributed by atoms with Crippen molar-refractivity contribution in [2.75, 3.05) is 11.2 Å². The van der Waals surface area contributed by atoms with E-state index < -0.39 is 6.23 Å². The van der Waals surface area contributed by atoms with Crippen molar-refractivity contribution in [3.63, 3.8) is 0 Å². The summed E-state index contributed by atoms with van der Waals surface area (Å²) in [5.74, 6) is 0.263. The Morgan fingerprint density at radius 2 is 2.07 bits per heavy atom. The number of carbonyl (C=O) groups is 1. The van der Waals surface area contributed by atoms with Crippen LogP contribution in [0.15, 0.2) is 47.6 Å². The lowest BCUT2D eigenvalue weighted by Crippen LogP contribution is -2.37. The number of ether oxygens (including phenoxy) is 1. The minimum absolute atomic E-state index is 0.0778. The molecule has 6 nitrogen and oxygen atoms in total. The molecule has 2 aromatic carbocycles. The molecule has 4 rings (SSSR count). The number of anilines is 1. The molecular weight excluding hydrogens is 408 g/mol. The smallest absolute Gasteiger partial charge is 0.247 e. The molecule has 1 amide bonds. The van der Waals surface area contributed by atoms with Crippen molar-refractivity contribution < 1.29 is 9.53 Å². The Balaban J connectivity index is 2.00. The van der Waals surface area contributed by atoms with E-state index in [0.29, 0.717) is 33.9 Å². The number of nitrogens with zero attached hydrogens (tertiary/aromatic N) is 4. The van der Waals surface area contributed by atoms with Gasteiger partial charge in [-0.3, -0.25) is 9.69 Å². The summed E-state index contributed by atoms with van der Waals surface area (Å²) in [6.45, 7) is 3.82. The van der Waals surface area contributed by atoms with Crippen LogP contribution in [0.25, 0.3) is 11.3 Å². The summed E-state index contributed by atoms with van der Waals surface area (Å²) >= 11 is 7.61. The Labute approximate surface area is 178 Å². The summed E-state index contributed by atoms with van der Waals surface area (Å²) in [4.78, 5) is 19.3. The fourth-order valence-electron chi connectivity index (χ4n) is 3.28. The van der Waals surface area contributed by atoms with Gasteiger partial charge in [-0.25, -0.2) is 0 Å². The zero-order valence-corrected chi connectivity index (χ0v) is 17.8. The molecule has 0 saturated heterocycles. The molecule has 0 saturated carbocycles. The first-order valence-electron chi connectivity index (χ1n) is 9.15. The number of thioether (sulfide) groups is 1. The second kappa shape index (κ2) is 8.00. The van der Waals surface area contributed by atoms with E-state index in [1.807, 2.05) is 50.4 Å². The lowest BCUT2D eigenvalue weighted by atomic mass is 10.0. The van der Waals surface area contributed by atoms with Crippen LogP contribution in [0.2, 0.25) is 5.02 Å². The van der Waals surface area contributed by atoms with Gasteiger partial charge in [0.2, 0.25) is 23.2 Å². The number of benzene rings is 2. The molecule has 0 radical (unpaired) electrons. The molecule has 0 N–H and O–H groups in total. The van der Waals surface area contributed by atoms with E-state index in [9.17, 15) is 4.79 Å². The van der Waals surface area contributed by atoms with Gasteiger partial charge < -0.3 is 4.74 Å². The van der Waals surface area contributed by atoms with E-state index in [4.69, 9.17) is 16.3 Å². The molecule has 1 aliphatic rings. The minimum Gasteiger partial charge on any atom is -0.447 e. The SMILES string of the molecule is CCC(=O)N1c2ccc(C)cc2-c2nnc(SC)nc2OC1c1cccc(Cl)c1. The van der Waals surface area contributed by atoms with Gasteiger partial charge in [-0.1, -0.05) is 54.0 Å². The summed E-state index contributed by atoms with van der Waals surface area (Å²) in [7, 11) is 0. The number of amides is 1. The Bertz CT molecular complexity index is 1090. The molecule has 0 bridgehead atoms. The van der Waals surface area contributed by atoms with E-state index in [1.165, 1.54) is 11.8 Å². The largest absolute Gasteiger partial charge is 0.447 e. The second-order valence-electron chi connectivity index (χ2n) is 6.62. The number of halogens is 1. The topological polar surface area (TPSA) is 68.2 Å².